The van der Waals surface area contributed by atoms with Crippen molar-refractivity contribution in [2.45, 2.75) is 25.4 Å². The molecule has 0 radical (unpaired) electrons. The van der Waals surface area contributed by atoms with E-state index >= 15 is 0 Å². The van der Waals surface area contributed by atoms with Crippen molar-refractivity contribution >= 4 is 5.84 Å². The van der Waals surface area contributed by atoms with Crippen LogP contribution in [0, 0.1) is 0 Å². The van der Waals surface area contributed by atoms with E-state index in [0.717, 1.165) is 26.1 Å². The van der Waals surface area contributed by atoms with Crippen LogP contribution in [0.25, 0.3) is 0 Å². The molecular formula is C9H19N3O2. The number of hydrogen-bond donors (Lipinski definition) is 2. The Kier molecular flexibility index (Phi) is 4.69. The van der Waals surface area contributed by atoms with Crippen LogP contribution in [0.1, 0.15) is 19.3 Å². The number of likely N-dealkylation sites (N-methyl/N-ethyl adjacent to an activating group) is 1. The third-order valence-electron chi connectivity index (χ3n) is 2.42. The summed E-state index contributed by atoms with van der Waals surface area (Å²) in [5.74, 6) is 0.282. The Bertz CT molecular complexity index is 190. The van der Waals surface area contributed by atoms with Gasteiger partial charge in [-0.25, -0.2) is 0 Å². The smallest absolute Gasteiger partial charge is 0.140 e. The van der Waals surface area contributed by atoms with E-state index in [0.29, 0.717) is 12.5 Å². The lowest BCUT2D eigenvalue weighted by Crippen LogP contribution is -2.31. The second-order valence-electron chi connectivity index (χ2n) is 3.74. The van der Waals surface area contributed by atoms with Crippen LogP contribution in [0.5, 0.6) is 0 Å². The summed E-state index contributed by atoms with van der Waals surface area (Å²) in [5, 5.41) is 11.3. The molecule has 0 spiro atoms. The molecule has 0 amide bonds. The van der Waals surface area contributed by atoms with Gasteiger partial charge in [0, 0.05) is 26.1 Å². The van der Waals surface area contributed by atoms with E-state index in [1.165, 1.54) is 6.42 Å². The summed E-state index contributed by atoms with van der Waals surface area (Å²) >= 11 is 0. The molecule has 1 fully saturated rings. The highest BCUT2D eigenvalue weighted by atomic mass is 16.5. The van der Waals surface area contributed by atoms with Gasteiger partial charge in [-0.3, -0.25) is 0 Å². The van der Waals surface area contributed by atoms with E-state index in [9.17, 15) is 0 Å². The molecule has 0 bridgehead atoms. The van der Waals surface area contributed by atoms with E-state index in [-0.39, 0.29) is 5.84 Å². The quantitative estimate of drug-likeness (QED) is 0.289. The van der Waals surface area contributed by atoms with Gasteiger partial charge in [-0.1, -0.05) is 5.16 Å². The molecule has 1 saturated heterocycles. The predicted octanol–water partition coefficient (Wildman–Crippen LogP) is 0.234. The normalized spacial score (nSPS) is 23.3. The van der Waals surface area contributed by atoms with Crippen LogP contribution in [0.2, 0.25) is 0 Å². The Morgan fingerprint density at radius 2 is 2.50 bits per heavy atom. The van der Waals surface area contributed by atoms with Crippen LogP contribution in [0.15, 0.2) is 5.16 Å². The summed E-state index contributed by atoms with van der Waals surface area (Å²) in [7, 11) is 2.02. The minimum absolute atomic E-state index is 0.282. The molecule has 5 heteroatoms. The van der Waals surface area contributed by atoms with E-state index in [1.807, 2.05) is 7.05 Å². The van der Waals surface area contributed by atoms with Gasteiger partial charge in [0.05, 0.1) is 6.10 Å². The average Bonchev–Trinajstić information content (AvgIpc) is 2.66. The van der Waals surface area contributed by atoms with Crippen molar-refractivity contribution in [2.24, 2.45) is 10.9 Å². The number of nitrogens with two attached hydrogens (primary N) is 1. The molecule has 0 aromatic rings. The van der Waals surface area contributed by atoms with Crippen LogP contribution < -0.4 is 5.73 Å². The maximum atomic E-state index is 8.35. The Morgan fingerprint density at radius 1 is 1.71 bits per heavy atom. The van der Waals surface area contributed by atoms with Gasteiger partial charge in [0.15, 0.2) is 0 Å². The molecule has 82 valence electrons. The molecule has 1 aliphatic heterocycles. The largest absolute Gasteiger partial charge is 0.409 e. The molecule has 0 aromatic heterocycles. The first-order valence-corrected chi connectivity index (χ1v) is 4.99. The topological polar surface area (TPSA) is 71.1 Å². The molecular weight excluding hydrogens is 182 g/mol. The van der Waals surface area contributed by atoms with E-state index < -0.39 is 0 Å². The highest BCUT2D eigenvalue weighted by molar-refractivity contribution is 5.79. The minimum Gasteiger partial charge on any atom is -0.409 e. The fourth-order valence-electron chi connectivity index (χ4n) is 1.58. The van der Waals surface area contributed by atoms with Crippen LogP contribution in [-0.4, -0.2) is 48.8 Å². The molecule has 3 N–H and O–H groups in total. The van der Waals surface area contributed by atoms with Crippen molar-refractivity contribution in [3.05, 3.63) is 0 Å². The summed E-state index contributed by atoms with van der Waals surface area (Å²) in [6.07, 6.45) is 3.28. The maximum absolute atomic E-state index is 8.35. The number of amidine groups is 1. The lowest BCUT2D eigenvalue weighted by molar-refractivity contribution is 0.0819. The van der Waals surface area contributed by atoms with Gasteiger partial charge in [-0.05, 0) is 19.9 Å². The lowest BCUT2D eigenvalue weighted by Gasteiger charge is -2.19. The van der Waals surface area contributed by atoms with Gasteiger partial charge in [0.1, 0.15) is 5.84 Å². The molecule has 1 unspecified atom stereocenters. The van der Waals surface area contributed by atoms with E-state index in [2.05, 4.69) is 10.1 Å². The highest BCUT2D eigenvalue weighted by Crippen LogP contribution is 2.12. The van der Waals surface area contributed by atoms with Crippen LogP contribution in [0.3, 0.4) is 0 Å². The summed E-state index contributed by atoms with van der Waals surface area (Å²) < 4.78 is 5.50. The predicted molar refractivity (Wildman–Crippen MR) is 54.5 cm³/mol. The molecule has 1 rings (SSSR count). The second kappa shape index (κ2) is 5.82. The van der Waals surface area contributed by atoms with Gasteiger partial charge in [-0.15, -0.1) is 0 Å². The molecule has 0 aromatic carbocycles. The third-order valence-corrected chi connectivity index (χ3v) is 2.42. The van der Waals surface area contributed by atoms with E-state index in [4.69, 9.17) is 15.7 Å². The number of oxime groups is 1. The molecule has 14 heavy (non-hydrogen) atoms. The van der Waals surface area contributed by atoms with Gasteiger partial charge < -0.3 is 20.6 Å². The molecule has 5 nitrogen and oxygen atoms in total. The zero-order valence-corrected chi connectivity index (χ0v) is 8.65. The SMILES string of the molecule is CN(CC/C(N)=N/O)CC1CCCO1. The number of rotatable bonds is 5. The maximum Gasteiger partial charge on any atom is 0.140 e. The standard InChI is InChI=1S/C9H19N3O2/c1-12(5-4-9(10)11-13)7-8-3-2-6-14-8/h8,13H,2-7H2,1H3,(H2,10,11). The van der Waals surface area contributed by atoms with Crippen molar-refractivity contribution in [3.63, 3.8) is 0 Å². The van der Waals surface area contributed by atoms with Crippen LogP contribution in [0.4, 0.5) is 0 Å². The second-order valence-corrected chi connectivity index (χ2v) is 3.74. The summed E-state index contributed by atoms with van der Waals surface area (Å²) in [6, 6.07) is 0. The van der Waals surface area contributed by atoms with Gasteiger partial charge in [0.25, 0.3) is 0 Å². The van der Waals surface area contributed by atoms with Crippen molar-refractivity contribution in [3.8, 4) is 0 Å². The first-order valence-electron chi connectivity index (χ1n) is 4.99. The molecule has 1 atom stereocenters. The minimum atomic E-state index is 0.282. The Balaban J connectivity index is 2.11. The van der Waals surface area contributed by atoms with Crippen molar-refractivity contribution in [1.82, 2.24) is 4.90 Å². The zero-order valence-electron chi connectivity index (χ0n) is 8.65. The Morgan fingerprint density at radius 3 is 3.07 bits per heavy atom. The first-order chi connectivity index (χ1) is 6.72. The van der Waals surface area contributed by atoms with E-state index in [1.54, 1.807) is 0 Å². The summed E-state index contributed by atoms with van der Waals surface area (Å²) in [6.45, 7) is 2.62. The molecule has 1 aliphatic rings. The zero-order chi connectivity index (χ0) is 10.4. The molecule has 0 saturated carbocycles. The summed E-state index contributed by atoms with van der Waals surface area (Å²) in [5.41, 5.74) is 5.37. The Labute approximate surface area is 84.5 Å². The van der Waals surface area contributed by atoms with Crippen molar-refractivity contribution < 1.29 is 9.94 Å². The first kappa shape index (κ1) is 11.3. The van der Waals surface area contributed by atoms with Gasteiger partial charge >= 0.3 is 0 Å². The van der Waals surface area contributed by atoms with Crippen molar-refractivity contribution in [1.29, 1.82) is 0 Å². The molecule has 0 aliphatic carbocycles. The van der Waals surface area contributed by atoms with Crippen LogP contribution in [-0.2, 0) is 4.74 Å². The lowest BCUT2D eigenvalue weighted by atomic mass is 10.2. The fraction of sp³-hybridized carbons (Fsp3) is 0.889. The van der Waals surface area contributed by atoms with Gasteiger partial charge in [-0.2, -0.15) is 0 Å². The van der Waals surface area contributed by atoms with Gasteiger partial charge in [0.2, 0.25) is 0 Å². The monoisotopic (exact) mass is 201 g/mol. The molecule has 1 heterocycles. The number of nitrogens with zero attached hydrogens (tertiary/aromatic N) is 2. The average molecular weight is 201 g/mol. The number of hydrogen-bond acceptors (Lipinski definition) is 4. The highest BCUT2D eigenvalue weighted by Gasteiger charge is 2.17. The fourth-order valence-corrected chi connectivity index (χ4v) is 1.58. The van der Waals surface area contributed by atoms with Crippen molar-refractivity contribution in [2.75, 3.05) is 26.7 Å². The van der Waals surface area contributed by atoms with Crippen LogP contribution >= 0.6 is 0 Å². The third kappa shape index (κ3) is 3.93. The summed E-state index contributed by atoms with van der Waals surface area (Å²) in [4.78, 5) is 2.15. The Hall–Kier alpha value is -0.810. The number of ether oxygens (including phenoxy) is 1.